The summed E-state index contributed by atoms with van der Waals surface area (Å²) in [6.45, 7) is 4.18. The molecule has 2 N–H and O–H groups in total. The Morgan fingerprint density at radius 1 is 1.03 bits per heavy atom. The summed E-state index contributed by atoms with van der Waals surface area (Å²) in [5.41, 5.74) is 4.32. The predicted octanol–water partition coefficient (Wildman–Crippen LogP) is 5.46. The second-order valence-electron chi connectivity index (χ2n) is 8.65. The molecule has 1 amide bonds. The Morgan fingerprint density at radius 3 is 2.37 bits per heavy atom. The van der Waals surface area contributed by atoms with E-state index >= 15 is 0 Å². The highest BCUT2D eigenvalue weighted by Crippen LogP contribution is 2.32. The molecule has 0 radical (unpaired) electrons. The second-order valence-corrected chi connectivity index (χ2v) is 9.06. The number of methoxy groups -OCH3 is 1. The Bertz CT molecular complexity index is 1280. The van der Waals surface area contributed by atoms with E-state index in [1.54, 1.807) is 23.1 Å². The molecule has 35 heavy (non-hydrogen) atoms. The normalized spacial score (nSPS) is 13.4. The molecular formula is C27H26FN3O3S. The van der Waals surface area contributed by atoms with E-state index in [1.807, 2.05) is 56.3 Å². The van der Waals surface area contributed by atoms with Crippen LogP contribution >= 0.6 is 12.2 Å². The third-order valence-corrected chi connectivity index (χ3v) is 6.15. The standard InChI is InChI=1S/C27H26FN3O3S/c1-16(2)24(26(33)34-3)31-15-19-9-8-18(14-21(19)25(31)32)17-10-12-20(13-11-17)29-27(35)30-23-7-5-4-6-22(23)28/h4-14,16,24H,15H2,1-3H3,(H2,29,30,35). The third-order valence-electron chi connectivity index (χ3n) is 5.95. The molecule has 0 aliphatic carbocycles. The van der Waals surface area contributed by atoms with Gasteiger partial charge in [-0.25, -0.2) is 9.18 Å². The summed E-state index contributed by atoms with van der Waals surface area (Å²) < 4.78 is 18.8. The number of carbonyl (C=O) groups excluding carboxylic acids is 2. The van der Waals surface area contributed by atoms with Gasteiger partial charge in [0.2, 0.25) is 0 Å². The molecule has 0 saturated carbocycles. The van der Waals surface area contributed by atoms with Crippen molar-refractivity contribution >= 4 is 40.6 Å². The summed E-state index contributed by atoms with van der Waals surface area (Å²) >= 11 is 5.28. The summed E-state index contributed by atoms with van der Waals surface area (Å²) in [6.07, 6.45) is 0. The van der Waals surface area contributed by atoms with E-state index in [2.05, 4.69) is 10.6 Å². The van der Waals surface area contributed by atoms with Crippen molar-refractivity contribution in [3.63, 3.8) is 0 Å². The second kappa shape index (κ2) is 10.2. The van der Waals surface area contributed by atoms with E-state index in [1.165, 1.54) is 13.2 Å². The number of nitrogens with zero attached hydrogens (tertiary/aromatic N) is 1. The van der Waals surface area contributed by atoms with E-state index in [0.29, 0.717) is 17.8 Å². The Morgan fingerprint density at radius 2 is 1.71 bits per heavy atom. The molecule has 0 saturated heterocycles. The number of esters is 1. The highest BCUT2D eigenvalue weighted by atomic mass is 32.1. The summed E-state index contributed by atoms with van der Waals surface area (Å²) in [5, 5.41) is 6.15. The first-order valence-electron chi connectivity index (χ1n) is 11.2. The van der Waals surface area contributed by atoms with Crippen LogP contribution in [0.25, 0.3) is 11.1 Å². The summed E-state index contributed by atoms with van der Waals surface area (Å²) in [5.74, 6) is -1.04. The minimum Gasteiger partial charge on any atom is -0.467 e. The van der Waals surface area contributed by atoms with Crippen molar-refractivity contribution in [3.05, 3.63) is 83.7 Å². The zero-order chi connectivity index (χ0) is 25.1. The van der Waals surface area contributed by atoms with Crippen LogP contribution in [0.15, 0.2) is 66.7 Å². The molecular weight excluding hydrogens is 465 g/mol. The number of benzene rings is 3. The van der Waals surface area contributed by atoms with Crippen LogP contribution in [-0.2, 0) is 16.1 Å². The minimum absolute atomic E-state index is 0.0702. The van der Waals surface area contributed by atoms with Gasteiger partial charge in [0.15, 0.2) is 5.11 Å². The Kier molecular flexibility index (Phi) is 7.12. The number of halogens is 1. The number of hydrogen-bond acceptors (Lipinski definition) is 4. The average Bonchev–Trinajstić information content (AvgIpc) is 3.16. The molecule has 1 aliphatic heterocycles. The fourth-order valence-electron chi connectivity index (χ4n) is 4.20. The van der Waals surface area contributed by atoms with Crippen molar-refractivity contribution in [2.75, 3.05) is 17.7 Å². The first-order chi connectivity index (χ1) is 16.8. The topological polar surface area (TPSA) is 70.7 Å². The lowest BCUT2D eigenvalue weighted by Gasteiger charge is -2.28. The van der Waals surface area contributed by atoms with Gasteiger partial charge in [-0.05, 0) is 65.2 Å². The number of anilines is 2. The van der Waals surface area contributed by atoms with Crippen LogP contribution < -0.4 is 10.6 Å². The van der Waals surface area contributed by atoms with Gasteiger partial charge in [0, 0.05) is 17.8 Å². The van der Waals surface area contributed by atoms with Crippen LogP contribution in [0.2, 0.25) is 0 Å². The van der Waals surface area contributed by atoms with Crippen molar-refractivity contribution in [1.29, 1.82) is 0 Å². The minimum atomic E-state index is -0.629. The Hall–Kier alpha value is -3.78. The Labute approximate surface area is 209 Å². The molecule has 0 bridgehead atoms. The Balaban J connectivity index is 1.48. The lowest BCUT2D eigenvalue weighted by atomic mass is 10.00. The van der Waals surface area contributed by atoms with Gasteiger partial charge in [0.05, 0.1) is 12.8 Å². The molecule has 3 aromatic rings. The van der Waals surface area contributed by atoms with E-state index in [0.717, 1.165) is 22.4 Å². The summed E-state index contributed by atoms with van der Waals surface area (Å²) in [7, 11) is 1.34. The van der Waals surface area contributed by atoms with Crippen molar-refractivity contribution in [3.8, 4) is 11.1 Å². The van der Waals surface area contributed by atoms with Gasteiger partial charge < -0.3 is 20.3 Å². The molecule has 3 aromatic carbocycles. The van der Waals surface area contributed by atoms with Crippen LogP contribution in [0, 0.1) is 11.7 Å². The van der Waals surface area contributed by atoms with Crippen LogP contribution in [0.5, 0.6) is 0 Å². The summed E-state index contributed by atoms with van der Waals surface area (Å²) in [4.78, 5) is 27.0. The van der Waals surface area contributed by atoms with E-state index in [4.69, 9.17) is 17.0 Å². The maximum absolute atomic E-state index is 13.8. The monoisotopic (exact) mass is 491 g/mol. The zero-order valence-corrected chi connectivity index (χ0v) is 20.5. The molecule has 1 aliphatic rings. The molecule has 6 nitrogen and oxygen atoms in total. The average molecular weight is 492 g/mol. The molecule has 0 spiro atoms. The molecule has 1 heterocycles. The number of amides is 1. The fraction of sp³-hybridized carbons (Fsp3) is 0.222. The molecule has 1 unspecified atom stereocenters. The smallest absolute Gasteiger partial charge is 0.328 e. The molecule has 180 valence electrons. The molecule has 8 heteroatoms. The van der Waals surface area contributed by atoms with Gasteiger partial charge in [-0.3, -0.25) is 4.79 Å². The quantitative estimate of drug-likeness (QED) is 0.353. The highest BCUT2D eigenvalue weighted by molar-refractivity contribution is 7.80. The van der Waals surface area contributed by atoms with Crippen molar-refractivity contribution in [2.45, 2.75) is 26.4 Å². The van der Waals surface area contributed by atoms with E-state index in [-0.39, 0.29) is 22.8 Å². The lowest BCUT2D eigenvalue weighted by molar-refractivity contribution is -0.147. The van der Waals surface area contributed by atoms with Gasteiger partial charge in [0.25, 0.3) is 5.91 Å². The van der Waals surface area contributed by atoms with Gasteiger partial charge in [-0.15, -0.1) is 0 Å². The zero-order valence-electron chi connectivity index (χ0n) is 19.7. The van der Waals surface area contributed by atoms with Gasteiger partial charge in [0.1, 0.15) is 11.9 Å². The van der Waals surface area contributed by atoms with Crippen LogP contribution in [0.3, 0.4) is 0 Å². The van der Waals surface area contributed by atoms with Crippen LogP contribution in [0.1, 0.15) is 29.8 Å². The van der Waals surface area contributed by atoms with Crippen molar-refractivity contribution in [2.24, 2.45) is 5.92 Å². The van der Waals surface area contributed by atoms with Crippen LogP contribution in [0.4, 0.5) is 15.8 Å². The van der Waals surface area contributed by atoms with Gasteiger partial charge >= 0.3 is 5.97 Å². The first kappa shape index (κ1) is 24.3. The molecule has 1 atom stereocenters. The first-order valence-corrected chi connectivity index (χ1v) is 11.6. The summed E-state index contributed by atoms with van der Waals surface area (Å²) in [6, 6.07) is 19.0. The molecule has 0 aromatic heterocycles. The number of rotatable bonds is 6. The molecule has 4 rings (SSSR count). The maximum Gasteiger partial charge on any atom is 0.328 e. The predicted molar refractivity (Wildman–Crippen MR) is 139 cm³/mol. The largest absolute Gasteiger partial charge is 0.467 e. The van der Waals surface area contributed by atoms with Crippen molar-refractivity contribution < 1.29 is 18.7 Å². The van der Waals surface area contributed by atoms with E-state index in [9.17, 15) is 14.0 Å². The SMILES string of the molecule is COC(=O)C(C(C)C)N1Cc2ccc(-c3ccc(NC(=S)Nc4ccccc4F)cc3)cc2C1=O. The van der Waals surface area contributed by atoms with Gasteiger partial charge in [-0.2, -0.15) is 0 Å². The van der Waals surface area contributed by atoms with E-state index < -0.39 is 12.0 Å². The number of fused-ring (bicyclic) bond motifs is 1. The molecule has 0 fully saturated rings. The number of thiocarbonyl (C=S) groups is 1. The highest BCUT2D eigenvalue weighted by Gasteiger charge is 2.38. The fourth-order valence-corrected chi connectivity index (χ4v) is 4.43. The lowest BCUT2D eigenvalue weighted by Crippen LogP contribution is -2.45. The number of ether oxygens (including phenoxy) is 1. The van der Waals surface area contributed by atoms with Gasteiger partial charge in [-0.1, -0.05) is 50.2 Å². The third kappa shape index (κ3) is 5.17. The number of carbonyl (C=O) groups is 2. The maximum atomic E-state index is 13.8. The van der Waals surface area contributed by atoms with Crippen LogP contribution in [-0.4, -0.2) is 35.0 Å². The number of nitrogens with one attached hydrogen (secondary N) is 2. The number of para-hydroxylation sites is 1. The van der Waals surface area contributed by atoms with Crippen molar-refractivity contribution in [1.82, 2.24) is 4.90 Å². The number of hydrogen-bond donors (Lipinski definition) is 2.